The van der Waals surface area contributed by atoms with Crippen molar-refractivity contribution in [2.75, 3.05) is 11.9 Å². The number of rotatable bonds is 5. The fourth-order valence-electron chi connectivity index (χ4n) is 3.35. The molecule has 0 aliphatic carbocycles. The lowest BCUT2D eigenvalue weighted by molar-refractivity contribution is -0.116. The Morgan fingerprint density at radius 1 is 1.18 bits per heavy atom. The summed E-state index contributed by atoms with van der Waals surface area (Å²) in [5.74, 6) is 1.97. The van der Waals surface area contributed by atoms with Crippen LogP contribution in [-0.4, -0.2) is 22.3 Å². The summed E-state index contributed by atoms with van der Waals surface area (Å²) in [5.41, 5.74) is 2.93. The third kappa shape index (κ3) is 3.76. The van der Waals surface area contributed by atoms with Gasteiger partial charge < -0.3 is 10.1 Å². The van der Waals surface area contributed by atoms with Gasteiger partial charge in [-0.15, -0.1) is 0 Å². The number of carbonyl (C=O) groups excluding carboxylic acids is 1. The molecule has 0 saturated heterocycles. The maximum absolute atomic E-state index is 12.4. The summed E-state index contributed by atoms with van der Waals surface area (Å²) in [6.07, 6.45) is 2.22. The Labute approximate surface area is 169 Å². The molecule has 5 nitrogen and oxygen atoms in total. The summed E-state index contributed by atoms with van der Waals surface area (Å²) in [6.45, 7) is 4.92. The van der Waals surface area contributed by atoms with Gasteiger partial charge in [0, 0.05) is 22.9 Å². The number of nitrogens with zero attached hydrogens (tertiary/aromatic N) is 2. The molecule has 0 spiro atoms. The van der Waals surface area contributed by atoms with Crippen LogP contribution in [0.1, 0.15) is 37.3 Å². The number of benzene rings is 2. The van der Waals surface area contributed by atoms with Gasteiger partial charge in [0.15, 0.2) is 0 Å². The predicted octanol–water partition coefficient (Wildman–Crippen LogP) is 5.03. The van der Waals surface area contributed by atoms with E-state index in [1.165, 1.54) is 0 Å². The highest BCUT2D eigenvalue weighted by Crippen LogP contribution is 2.38. The Morgan fingerprint density at radius 2 is 1.89 bits per heavy atom. The molecule has 3 aromatic rings. The second-order valence-corrected chi connectivity index (χ2v) is 7.85. The number of aromatic nitrogens is 2. The third-order valence-electron chi connectivity index (χ3n) is 4.76. The molecule has 1 aromatic heterocycles. The number of hydrogen-bond donors (Lipinski definition) is 1. The lowest BCUT2D eigenvalue weighted by Crippen LogP contribution is -2.24. The highest BCUT2D eigenvalue weighted by Gasteiger charge is 2.30. The fourth-order valence-corrected chi connectivity index (χ4v) is 3.48. The SMILES string of the molecule is CC(C)COc1ccc(C2CC(=O)Nc3c2cnn3-c2ccc(Cl)cc2)cc1. The smallest absolute Gasteiger partial charge is 0.226 e. The van der Waals surface area contributed by atoms with Crippen molar-refractivity contribution in [3.63, 3.8) is 0 Å². The number of nitrogens with one attached hydrogen (secondary N) is 1. The molecule has 2 aromatic carbocycles. The molecule has 0 radical (unpaired) electrons. The average Bonchev–Trinajstić information content (AvgIpc) is 3.10. The standard InChI is InChI=1S/C22H22ClN3O2/c1-14(2)13-28-18-9-3-15(4-10-18)19-11-21(27)25-22-20(19)12-24-26(22)17-7-5-16(23)6-8-17/h3-10,12,14,19H,11,13H2,1-2H3,(H,25,27). The van der Waals surface area contributed by atoms with Crippen molar-refractivity contribution in [1.29, 1.82) is 0 Å². The Kier molecular flexibility index (Phi) is 5.09. The highest BCUT2D eigenvalue weighted by molar-refractivity contribution is 6.30. The Balaban J connectivity index is 1.64. The van der Waals surface area contributed by atoms with Gasteiger partial charge in [-0.1, -0.05) is 37.6 Å². The third-order valence-corrected chi connectivity index (χ3v) is 5.01. The molecule has 0 bridgehead atoms. The average molecular weight is 396 g/mol. The van der Waals surface area contributed by atoms with Crippen LogP contribution in [-0.2, 0) is 4.79 Å². The minimum absolute atomic E-state index is 0.0200. The number of amides is 1. The van der Waals surface area contributed by atoms with Crippen molar-refractivity contribution >= 4 is 23.3 Å². The highest BCUT2D eigenvalue weighted by atomic mass is 35.5. The number of anilines is 1. The first-order chi connectivity index (χ1) is 13.5. The molecule has 1 aliphatic heterocycles. The van der Waals surface area contributed by atoms with Gasteiger partial charge in [-0.25, -0.2) is 4.68 Å². The van der Waals surface area contributed by atoms with Crippen LogP contribution in [0, 0.1) is 5.92 Å². The van der Waals surface area contributed by atoms with Crippen LogP contribution in [0.25, 0.3) is 5.69 Å². The number of fused-ring (bicyclic) bond motifs is 1. The minimum atomic E-state index is -0.0380. The largest absolute Gasteiger partial charge is 0.493 e. The fraction of sp³-hybridized carbons (Fsp3) is 0.273. The van der Waals surface area contributed by atoms with Gasteiger partial charge in [-0.3, -0.25) is 4.79 Å². The van der Waals surface area contributed by atoms with E-state index in [1.807, 2.05) is 54.7 Å². The lowest BCUT2D eigenvalue weighted by atomic mass is 9.87. The van der Waals surface area contributed by atoms with Gasteiger partial charge >= 0.3 is 0 Å². The molecule has 1 unspecified atom stereocenters. The van der Waals surface area contributed by atoms with Crippen molar-refractivity contribution in [2.45, 2.75) is 26.2 Å². The van der Waals surface area contributed by atoms with E-state index in [2.05, 4.69) is 24.3 Å². The zero-order chi connectivity index (χ0) is 19.7. The second kappa shape index (κ2) is 7.68. The maximum atomic E-state index is 12.4. The first kappa shape index (κ1) is 18.6. The van der Waals surface area contributed by atoms with Crippen molar-refractivity contribution < 1.29 is 9.53 Å². The normalized spacial score (nSPS) is 16.0. The summed E-state index contributed by atoms with van der Waals surface area (Å²) >= 11 is 5.99. The quantitative estimate of drug-likeness (QED) is 0.658. The molecule has 0 fully saturated rings. The van der Waals surface area contributed by atoms with E-state index in [1.54, 1.807) is 4.68 Å². The second-order valence-electron chi connectivity index (χ2n) is 7.42. The summed E-state index contributed by atoms with van der Waals surface area (Å²) in [6, 6.07) is 15.4. The molecule has 6 heteroatoms. The lowest BCUT2D eigenvalue weighted by Gasteiger charge is -2.24. The molecule has 1 atom stereocenters. The molecule has 28 heavy (non-hydrogen) atoms. The van der Waals surface area contributed by atoms with E-state index in [0.29, 0.717) is 29.8 Å². The maximum Gasteiger partial charge on any atom is 0.226 e. The van der Waals surface area contributed by atoms with E-state index in [9.17, 15) is 4.79 Å². The van der Waals surface area contributed by atoms with Crippen LogP contribution in [0.4, 0.5) is 5.82 Å². The Hall–Kier alpha value is -2.79. The summed E-state index contributed by atoms with van der Waals surface area (Å²) in [5, 5.41) is 8.14. The number of carbonyl (C=O) groups is 1. The molecular formula is C22H22ClN3O2. The Bertz CT molecular complexity index is 978. The minimum Gasteiger partial charge on any atom is -0.493 e. The molecule has 144 valence electrons. The van der Waals surface area contributed by atoms with Crippen molar-refractivity contribution in [1.82, 2.24) is 9.78 Å². The molecule has 1 N–H and O–H groups in total. The predicted molar refractivity (Wildman–Crippen MR) is 110 cm³/mol. The zero-order valence-electron chi connectivity index (χ0n) is 15.9. The van der Waals surface area contributed by atoms with Crippen LogP contribution in [0.3, 0.4) is 0 Å². The van der Waals surface area contributed by atoms with Crippen LogP contribution in [0.5, 0.6) is 5.75 Å². The summed E-state index contributed by atoms with van der Waals surface area (Å²) < 4.78 is 7.51. The first-order valence-corrected chi connectivity index (χ1v) is 9.75. The van der Waals surface area contributed by atoms with E-state index < -0.39 is 0 Å². The summed E-state index contributed by atoms with van der Waals surface area (Å²) in [7, 11) is 0. The van der Waals surface area contributed by atoms with E-state index in [0.717, 1.165) is 22.6 Å². The Morgan fingerprint density at radius 3 is 2.57 bits per heavy atom. The first-order valence-electron chi connectivity index (χ1n) is 9.37. The molecular weight excluding hydrogens is 374 g/mol. The van der Waals surface area contributed by atoms with Crippen LogP contribution in [0.2, 0.25) is 5.02 Å². The topological polar surface area (TPSA) is 56.1 Å². The van der Waals surface area contributed by atoms with Gasteiger partial charge in [-0.2, -0.15) is 5.10 Å². The number of ether oxygens (including phenoxy) is 1. The molecule has 0 saturated carbocycles. The number of halogens is 1. The van der Waals surface area contributed by atoms with E-state index in [4.69, 9.17) is 16.3 Å². The molecule has 1 amide bonds. The van der Waals surface area contributed by atoms with Gasteiger partial charge in [0.25, 0.3) is 0 Å². The van der Waals surface area contributed by atoms with Gasteiger partial charge in [0.2, 0.25) is 5.91 Å². The van der Waals surface area contributed by atoms with Crippen molar-refractivity contribution in [2.24, 2.45) is 5.92 Å². The van der Waals surface area contributed by atoms with E-state index >= 15 is 0 Å². The molecule has 1 aliphatic rings. The summed E-state index contributed by atoms with van der Waals surface area (Å²) in [4.78, 5) is 12.4. The van der Waals surface area contributed by atoms with Gasteiger partial charge in [-0.05, 0) is 47.9 Å². The van der Waals surface area contributed by atoms with Crippen LogP contribution < -0.4 is 10.1 Å². The zero-order valence-corrected chi connectivity index (χ0v) is 16.6. The van der Waals surface area contributed by atoms with Gasteiger partial charge in [0.05, 0.1) is 18.5 Å². The monoisotopic (exact) mass is 395 g/mol. The van der Waals surface area contributed by atoms with E-state index in [-0.39, 0.29) is 11.8 Å². The molecule has 2 heterocycles. The van der Waals surface area contributed by atoms with Crippen molar-refractivity contribution in [3.8, 4) is 11.4 Å². The van der Waals surface area contributed by atoms with Crippen LogP contribution >= 0.6 is 11.6 Å². The van der Waals surface area contributed by atoms with Crippen LogP contribution in [0.15, 0.2) is 54.7 Å². The molecule has 4 rings (SSSR count). The number of hydrogen-bond acceptors (Lipinski definition) is 3. The van der Waals surface area contributed by atoms with Crippen molar-refractivity contribution in [3.05, 3.63) is 70.9 Å². The van der Waals surface area contributed by atoms with Gasteiger partial charge in [0.1, 0.15) is 11.6 Å².